The molecule has 2 heterocycles. The minimum atomic E-state index is -3.80. The Bertz CT molecular complexity index is 917. The number of anilines is 1. The molecular formula is C13H13N5O2S. The van der Waals surface area contributed by atoms with Crippen molar-refractivity contribution < 1.29 is 8.42 Å². The van der Waals surface area contributed by atoms with Gasteiger partial charge in [0.05, 0.1) is 16.8 Å². The molecule has 0 saturated carbocycles. The second kappa shape index (κ2) is 4.83. The third-order valence-corrected chi connectivity index (χ3v) is 4.76. The van der Waals surface area contributed by atoms with Gasteiger partial charge in [0.1, 0.15) is 5.52 Å². The van der Waals surface area contributed by atoms with Crippen LogP contribution < -0.4 is 11.3 Å². The predicted octanol–water partition coefficient (Wildman–Crippen LogP) is 1.38. The Hall–Kier alpha value is -2.45. The Balaban J connectivity index is 2.22. The van der Waals surface area contributed by atoms with Crippen molar-refractivity contribution in [2.75, 3.05) is 5.43 Å². The number of aryl methyl sites for hydroxylation is 1. The third-order valence-electron chi connectivity index (χ3n) is 3.10. The summed E-state index contributed by atoms with van der Waals surface area (Å²) < 4.78 is 25.4. The van der Waals surface area contributed by atoms with Crippen LogP contribution in [0.25, 0.3) is 11.2 Å². The number of hydrogen-bond acceptors (Lipinski definition) is 6. The van der Waals surface area contributed by atoms with Crippen molar-refractivity contribution in [3.63, 3.8) is 0 Å². The molecule has 108 valence electrons. The van der Waals surface area contributed by atoms with Crippen LogP contribution in [0.5, 0.6) is 0 Å². The molecule has 0 aliphatic heterocycles. The molecule has 0 bridgehead atoms. The van der Waals surface area contributed by atoms with Crippen LogP contribution in [0.3, 0.4) is 0 Å². The highest BCUT2D eigenvalue weighted by molar-refractivity contribution is 7.91. The Morgan fingerprint density at radius 2 is 2.10 bits per heavy atom. The highest BCUT2D eigenvalue weighted by atomic mass is 32.2. The number of aromatic amines is 1. The summed E-state index contributed by atoms with van der Waals surface area (Å²) in [6.07, 6.45) is 2.89. The van der Waals surface area contributed by atoms with Crippen LogP contribution in [0.15, 0.2) is 46.6 Å². The maximum atomic E-state index is 12.7. The number of benzene rings is 1. The lowest BCUT2D eigenvalue weighted by Crippen LogP contribution is -2.13. The number of aromatic nitrogens is 3. The molecule has 8 heteroatoms. The second-order valence-electron chi connectivity index (χ2n) is 4.57. The number of nitrogens with one attached hydrogen (secondary N) is 2. The lowest BCUT2D eigenvalue weighted by molar-refractivity contribution is 0.592. The van der Waals surface area contributed by atoms with E-state index in [9.17, 15) is 8.42 Å². The molecule has 2 aromatic heterocycles. The Labute approximate surface area is 121 Å². The van der Waals surface area contributed by atoms with E-state index in [4.69, 9.17) is 5.84 Å². The van der Waals surface area contributed by atoms with Crippen molar-refractivity contribution in [3.8, 4) is 0 Å². The zero-order valence-electron chi connectivity index (χ0n) is 11.2. The van der Waals surface area contributed by atoms with Crippen molar-refractivity contribution in [2.24, 2.45) is 5.84 Å². The van der Waals surface area contributed by atoms with Crippen LogP contribution in [-0.2, 0) is 9.84 Å². The van der Waals surface area contributed by atoms with E-state index in [1.54, 1.807) is 37.4 Å². The first-order valence-corrected chi connectivity index (χ1v) is 7.63. The average Bonchev–Trinajstić information content (AvgIpc) is 2.94. The Kier molecular flexibility index (Phi) is 3.11. The summed E-state index contributed by atoms with van der Waals surface area (Å²) in [4.78, 5) is 11.1. The van der Waals surface area contributed by atoms with Gasteiger partial charge in [-0.25, -0.2) is 18.4 Å². The molecule has 0 fully saturated rings. The summed E-state index contributed by atoms with van der Waals surface area (Å²) in [6, 6.07) is 6.60. The topological polar surface area (TPSA) is 114 Å². The third kappa shape index (κ3) is 2.24. The van der Waals surface area contributed by atoms with Gasteiger partial charge in [-0.15, -0.1) is 0 Å². The monoisotopic (exact) mass is 303 g/mol. The number of fused-ring (bicyclic) bond motifs is 1. The van der Waals surface area contributed by atoms with Gasteiger partial charge >= 0.3 is 0 Å². The summed E-state index contributed by atoms with van der Waals surface area (Å²) in [5.41, 5.74) is 4.55. The Morgan fingerprint density at radius 1 is 1.29 bits per heavy atom. The average molecular weight is 303 g/mol. The molecule has 0 radical (unpaired) electrons. The summed E-state index contributed by atoms with van der Waals surface area (Å²) in [5.74, 6) is 5.39. The van der Waals surface area contributed by atoms with Crippen LogP contribution >= 0.6 is 0 Å². The number of hydrogen-bond donors (Lipinski definition) is 3. The molecule has 1 aromatic carbocycles. The molecule has 0 aliphatic carbocycles. The normalized spacial score (nSPS) is 11.7. The number of H-pyrrole nitrogens is 1. The van der Waals surface area contributed by atoms with Crippen LogP contribution in [0.2, 0.25) is 0 Å². The zero-order chi connectivity index (χ0) is 15.0. The highest BCUT2D eigenvalue weighted by Gasteiger charge is 2.24. The van der Waals surface area contributed by atoms with Gasteiger partial charge in [0, 0.05) is 6.20 Å². The first kappa shape index (κ1) is 13.5. The van der Waals surface area contributed by atoms with E-state index in [1.807, 2.05) is 0 Å². The summed E-state index contributed by atoms with van der Waals surface area (Å²) in [7, 11) is -3.80. The standard InChI is InChI=1S/C13H13N5O2S/c1-8-2-3-9(18-14)11(6-8)21(19,20)12-7-16-13-10(17-12)4-5-15-13/h2-7,18H,14H2,1H3,(H,15,16). The maximum absolute atomic E-state index is 12.7. The Morgan fingerprint density at radius 3 is 2.86 bits per heavy atom. The summed E-state index contributed by atoms with van der Waals surface area (Å²) in [6.45, 7) is 1.81. The first-order valence-electron chi connectivity index (χ1n) is 6.15. The fourth-order valence-corrected chi connectivity index (χ4v) is 3.42. The van der Waals surface area contributed by atoms with E-state index in [-0.39, 0.29) is 9.92 Å². The number of nitrogens with two attached hydrogens (primary N) is 1. The van der Waals surface area contributed by atoms with Crippen molar-refractivity contribution in [1.29, 1.82) is 0 Å². The summed E-state index contributed by atoms with van der Waals surface area (Å²) in [5, 5.41) is -0.114. The fourth-order valence-electron chi connectivity index (χ4n) is 2.03. The maximum Gasteiger partial charge on any atom is 0.227 e. The molecule has 0 spiro atoms. The van der Waals surface area contributed by atoms with Crippen LogP contribution in [0, 0.1) is 6.92 Å². The molecule has 3 aromatic rings. The van der Waals surface area contributed by atoms with Crippen molar-refractivity contribution in [1.82, 2.24) is 15.0 Å². The fraction of sp³-hybridized carbons (Fsp3) is 0.0769. The SMILES string of the molecule is Cc1ccc(NN)c(S(=O)(=O)c2cnc3[nH]ccc3n2)c1. The van der Waals surface area contributed by atoms with Gasteiger partial charge in [-0.05, 0) is 30.7 Å². The van der Waals surface area contributed by atoms with E-state index < -0.39 is 9.84 Å². The molecule has 0 aliphatic rings. The molecule has 21 heavy (non-hydrogen) atoms. The highest BCUT2D eigenvalue weighted by Crippen LogP contribution is 2.27. The van der Waals surface area contributed by atoms with E-state index in [0.717, 1.165) is 5.56 Å². The van der Waals surface area contributed by atoms with E-state index >= 15 is 0 Å². The second-order valence-corrected chi connectivity index (χ2v) is 6.43. The summed E-state index contributed by atoms with van der Waals surface area (Å²) >= 11 is 0. The van der Waals surface area contributed by atoms with Gasteiger partial charge in [0.15, 0.2) is 10.7 Å². The molecule has 0 saturated heterocycles. The molecule has 4 N–H and O–H groups in total. The van der Waals surface area contributed by atoms with E-state index in [2.05, 4.69) is 20.4 Å². The molecular weight excluding hydrogens is 290 g/mol. The van der Waals surface area contributed by atoms with E-state index in [1.165, 1.54) is 6.20 Å². The molecule has 0 unspecified atom stereocenters. The molecule has 7 nitrogen and oxygen atoms in total. The predicted molar refractivity (Wildman–Crippen MR) is 78.3 cm³/mol. The lowest BCUT2D eigenvalue weighted by atomic mass is 10.2. The largest absolute Gasteiger partial charge is 0.345 e. The van der Waals surface area contributed by atoms with Gasteiger partial charge in [0.2, 0.25) is 9.84 Å². The van der Waals surface area contributed by atoms with Gasteiger partial charge in [-0.2, -0.15) is 0 Å². The number of nitrogens with zero attached hydrogens (tertiary/aromatic N) is 2. The van der Waals surface area contributed by atoms with Gasteiger partial charge in [-0.1, -0.05) is 6.07 Å². The number of sulfone groups is 1. The zero-order valence-corrected chi connectivity index (χ0v) is 12.0. The minimum absolute atomic E-state index is 0.0779. The molecule has 0 atom stereocenters. The van der Waals surface area contributed by atoms with Crippen LogP contribution in [-0.4, -0.2) is 23.4 Å². The van der Waals surface area contributed by atoms with Gasteiger partial charge < -0.3 is 10.4 Å². The number of hydrazine groups is 1. The smallest absolute Gasteiger partial charge is 0.227 e. The van der Waals surface area contributed by atoms with Crippen LogP contribution in [0.4, 0.5) is 5.69 Å². The van der Waals surface area contributed by atoms with Crippen molar-refractivity contribution in [3.05, 3.63) is 42.2 Å². The van der Waals surface area contributed by atoms with Gasteiger partial charge in [0.25, 0.3) is 0 Å². The minimum Gasteiger partial charge on any atom is -0.345 e. The molecule has 3 rings (SSSR count). The number of rotatable bonds is 3. The number of nitrogen functional groups attached to an aromatic ring is 1. The lowest BCUT2D eigenvalue weighted by Gasteiger charge is -2.10. The van der Waals surface area contributed by atoms with E-state index in [0.29, 0.717) is 16.9 Å². The van der Waals surface area contributed by atoms with Crippen molar-refractivity contribution in [2.45, 2.75) is 16.8 Å². The molecule has 0 amide bonds. The quantitative estimate of drug-likeness (QED) is 0.497. The van der Waals surface area contributed by atoms with Crippen LogP contribution in [0.1, 0.15) is 5.56 Å². The van der Waals surface area contributed by atoms with Crippen molar-refractivity contribution >= 4 is 26.7 Å². The first-order chi connectivity index (χ1) is 10.0. The van der Waals surface area contributed by atoms with Gasteiger partial charge in [-0.3, -0.25) is 5.84 Å².